The Kier molecular flexibility index (Phi) is 7.08. The summed E-state index contributed by atoms with van der Waals surface area (Å²) in [6, 6.07) is 19.4. The van der Waals surface area contributed by atoms with Crippen molar-refractivity contribution >= 4 is 34.7 Å². The number of thioether (sulfide) groups is 1. The summed E-state index contributed by atoms with van der Waals surface area (Å²) in [6.07, 6.45) is 0. The van der Waals surface area contributed by atoms with Crippen molar-refractivity contribution in [3.05, 3.63) is 71.6 Å². The molecule has 0 radical (unpaired) electrons. The second kappa shape index (κ2) is 10.3. The molecule has 0 aliphatic carbocycles. The van der Waals surface area contributed by atoms with Gasteiger partial charge in [-0.3, -0.25) is 9.36 Å². The van der Waals surface area contributed by atoms with Crippen molar-refractivity contribution in [1.82, 2.24) is 14.8 Å². The highest BCUT2D eigenvalue weighted by molar-refractivity contribution is 7.99. The maximum absolute atomic E-state index is 12.7. The number of rotatable bonds is 9. The Morgan fingerprint density at radius 3 is 2.62 bits per heavy atom. The molecule has 0 aliphatic rings. The Labute approximate surface area is 194 Å². The number of aromatic nitrogens is 3. The molecule has 4 rings (SSSR count). The van der Waals surface area contributed by atoms with E-state index in [9.17, 15) is 4.79 Å². The number of carbonyl (C=O) groups excluding carboxylic acids is 1. The topological polar surface area (TPSA) is 78.3 Å². The van der Waals surface area contributed by atoms with Gasteiger partial charge in [-0.25, -0.2) is 0 Å². The number of hydrogen-bond acceptors (Lipinski definition) is 7. The number of anilines is 1. The number of ether oxygens (including phenoxy) is 2. The summed E-state index contributed by atoms with van der Waals surface area (Å²) in [5.41, 5.74) is 1.69. The third-order valence-electron chi connectivity index (χ3n) is 4.66. The van der Waals surface area contributed by atoms with Crippen LogP contribution in [0.3, 0.4) is 0 Å². The number of nitrogens with one attached hydrogen (secondary N) is 1. The van der Waals surface area contributed by atoms with Crippen LogP contribution in [-0.2, 0) is 11.3 Å². The van der Waals surface area contributed by atoms with E-state index in [-0.39, 0.29) is 11.7 Å². The summed E-state index contributed by atoms with van der Waals surface area (Å²) in [7, 11) is 3.14. The Bertz CT molecular complexity index is 1180. The number of nitrogens with zero attached hydrogens (tertiary/aromatic N) is 3. The average Bonchev–Trinajstić information content (AvgIpc) is 3.48. The van der Waals surface area contributed by atoms with Gasteiger partial charge in [0, 0.05) is 6.07 Å². The molecule has 32 heavy (non-hydrogen) atoms. The molecule has 2 aromatic carbocycles. The Morgan fingerprint density at radius 1 is 1.06 bits per heavy atom. The zero-order valence-corrected chi connectivity index (χ0v) is 19.3. The van der Waals surface area contributed by atoms with E-state index in [1.165, 1.54) is 11.8 Å². The first-order chi connectivity index (χ1) is 15.7. The van der Waals surface area contributed by atoms with Crippen LogP contribution in [0.5, 0.6) is 11.5 Å². The summed E-state index contributed by atoms with van der Waals surface area (Å²) in [6.45, 7) is 0.620. The molecule has 0 bridgehead atoms. The van der Waals surface area contributed by atoms with Crippen LogP contribution in [0.15, 0.2) is 71.2 Å². The van der Waals surface area contributed by atoms with Gasteiger partial charge in [0.25, 0.3) is 0 Å². The van der Waals surface area contributed by atoms with Crippen molar-refractivity contribution in [2.75, 3.05) is 25.3 Å². The number of methoxy groups -OCH3 is 2. The average molecular weight is 467 g/mol. The van der Waals surface area contributed by atoms with E-state index in [4.69, 9.17) is 9.47 Å². The SMILES string of the molecule is COc1ccc(OC)c(NC(=O)CSc2nnc(-c3cccs3)n2Cc2ccccc2)c1. The van der Waals surface area contributed by atoms with Crippen LogP contribution in [-0.4, -0.2) is 40.6 Å². The maximum Gasteiger partial charge on any atom is 0.234 e. The lowest BCUT2D eigenvalue weighted by molar-refractivity contribution is -0.113. The minimum absolute atomic E-state index is 0.173. The lowest BCUT2D eigenvalue weighted by Gasteiger charge is -2.12. The smallest absolute Gasteiger partial charge is 0.234 e. The van der Waals surface area contributed by atoms with E-state index in [0.717, 1.165) is 16.3 Å². The Morgan fingerprint density at radius 2 is 1.91 bits per heavy atom. The van der Waals surface area contributed by atoms with Crippen LogP contribution in [0.25, 0.3) is 10.7 Å². The molecule has 2 aromatic heterocycles. The van der Waals surface area contributed by atoms with Gasteiger partial charge in [-0.15, -0.1) is 21.5 Å². The maximum atomic E-state index is 12.7. The van der Waals surface area contributed by atoms with Crippen LogP contribution in [0, 0.1) is 0 Å². The predicted octanol–water partition coefficient (Wildman–Crippen LogP) is 4.80. The number of amides is 1. The van der Waals surface area contributed by atoms with Crippen LogP contribution < -0.4 is 14.8 Å². The molecule has 0 spiro atoms. The lowest BCUT2D eigenvalue weighted by atomic mass is 10.2. The van der Waals surface area contributed by atoms with Crippen LogP contribution >= 0.6 is 23.1 Å². The van der Waals surface area contributed by atoms with Gasteiger partial charge in [0.1, 0.15) is 11.5 Å². The third-order valence-corrected chi connectivity index (χ3v) is 6.49. The zero-order chi connectivity index (χ0) is 22.3. The lowest BCUT2D eigenvalue weighted by Crippen LogP contribution is -2.15. The minimum Gasteiger partial charge on any atom is -0.497 e. The van der Waals surface area contributed by atoms with E-state index in [0.29, 0.717) is 28.9 Å². The fraction of sp³-hybridized carbons (Fsp3) is 0.174. The molecule has 0 saturated carbocycles. The molecular formula is C23H22N4O3S2. The van der Waals surface area contributed by atoms with Gasteiger partial charge < -0.3 is 14.8 Å². The molecule has 0 unspecified atom stereocenters. The van der Waals surface area contributed by atoms with Gasteiger partial charge in [-0.2, -0.15) is 0 Å². The first-order valence-electron chi connectivity index (χ1n) is 9.83. The van der Waals surface area contributed by atoms with Gasteiger partial charge in [-0.1, -0.05) is 48.2 Å². The number of benzene rings is 2. The molecule has 0 atom stereocenters. The van der Waals surface area contributed by atoms with Gasteiger partial charge in [0.15, 0.2) is 11.0 Å². The van der Waals surface area contributed by atoms with Crippen molar-refractivity contribution in [1.29, 1.82) is 0 Å². The summed E-state index contributed by atoms with van der Waals surface area (Å²) in [5, 5.41) is 14.4. The van der Waals surface area contributed by atoms with Crippen molar-refractivity contribution in [2.24, 2.45) is 0 Å². The molecule has 1 N–H and O–H groups in total. The molecule has 1 amide bonds. The van der Waals surface area contributed by atoms with Gasteiger partial charge in [-0.05, 0) is 29.1 Å². The summed E-state index contributed by atoms with van der Waals surface area (Å²) < 4.78 is 12.6. The summed E-state index contributed by atoms with van der Waals surface area (Å²) >= 11 is 2.96. The van der Waals surface area contributed by atoms with Crippen molar-refractivity contribution in [2.45, 2.75) is 11.7 Å². The second-order valence-electron chi connectivity index (χ2n) is 6.76. The molecule has 7 nitrogen and oxygen atoms in total. The molecule has 2 heterocycles. The fourth-order valence-corrected chi connectivity index (χ4v) is 4.58. The second-order valence-corrected chi connectivity index (χ2v) is 8.65. The Hall–Kier alpha value is -3.30. The summed E-state index contributed by atoms with van der Waals surface area (Å²) in [5.74, 6) is 2.00. The minimum atomic E-state index is -0.173. The molecule has 0 aliphatic heterocycles. The molecule has 0 fully saturated rings. The Balaban J connectivity index is 1.51. The molecule has 164 valence electrons. The monoisotopic (exact) mass is 466 g/mol. The normalized spacial score (nSPS) is 10.7. The highest BCUT2D eigenvalue weighted by Crippen LogP contribution is 2.30. The van der Waals surface area contributed by atoms with Gasteiger partial charge in [0.2, 0.25) is 5.91 Å². The highest BCUT2D eigenvalue weighted by Gasteiger charge is 2.17. The van der Waals surface area contributed by atoms with Crippen molar-refractivity contribution < 1.29 is 14.3 Å². The van der Waals surface area contributed by atoms with Gasteiger partial charge >= 0.3 is 0 Å². The number of thiophene rings is 1. The quantitative estimate of drug-likeness (QED) is 0.357. The van der Waals surface area contributed by atoms with E-state index in [2.05, 4.69) is 27.6 Å². The molecular weight excluding hydrogens is 444 g/mol. The third kappa shape index (κ3) is 5.12. The highest BCUT2D eigenvalue weighted by atomic mass is 32.2. The molecule has 4 aromatic rings. The van der Waals surface area contributed by atoms with E-state index < -0.39 is 0 Å². The van der Waals surface area contributed by atoms with Crippen LogP contribution in [0.4, 0.5) is 5.69 Å². The number of hydrogen-bond donors (Lipinski definition) is 1. The standard InChI is InChI=1S/C23H22N4O3S2/c1-29-17-10-11-19(30-2)18(13-17)24-21(28)15-32-23-26-25-22(20-9-6-12-31-20)27(23)14-16-7-4-3-5-8-16/h3-13H,14-15H2,1-2H3,(H,24,28). The number of carbonyl (C=O) groups is 1. The van der Waals surface area contributed by atoms with E-state index in [1.54, 1.807) is 43.8 Å². The first-order valence-corrected chi connectivity index (χ1v) is 11.7. The molecule has 0 saturated heterocycles. The van der Waals surface area contributed by atoms with Gasteiger partial charge in [0.05, 0.1) is 37.1 Å². The van der Waals surface area contributed by atoms with Crippen LogP contribution in [0.2, 0.25) is 0 Å². The van der Waals surface area contributed by atoms with Crippen molar-refractivity contribution in [3.63, 3.8) is 0 Å². The van der Waals surface area contributed by atoms with E-state index in [1.807, 2.05) is 40.3 Å². The fourth-order valence-electron chi connectivity index (χ4n) is 3.12. The largest absolute Gasteiger partial charge is 0.497 e. The first kappa shape index (κ1) is 21.9. The summed E-state index contributed by atoms with van der Waals surface area (Å²) in [4.78, 5) is 13.7. The van der Waals surface area contributed by atoms with Crippen LogP contribution in [0.1, 0.15) is 5.56 Å². The molecule has 9 heteroatoms. The van der Waals surface area contributed by atoms with E-state index >= 15 is 0 Å². The van der Waals surface area contributed by atoms with Crippen molar-refractivity contribution in [3.8, 4) is 22.2 Å². The zero-order valence-electron chi connectivity index (χ0n) is 17.6. The predicted molar refractivity (Wildman–Crippen MR) is 128 cm³/mol.